The van der Waals surface area contributed by atoms with Crippen LogP contribution in [0.4, 0.5) is 0 Å². The molecule has 0 aliphatic carbocycles. The van der Waals surface area contributed by atoms with Crippen LogP contribution in [0.1, 0.15) is 69.2 Å². The first-order chi connectivity index (χ1) is 18.2. The molecule has 4 rings (SSSR count). The molecule has 0 N–H and O–H groups in total. The Bertz CT molecular complexity index is 1500. The molecule has 0 aliphatic heterocycles. The third kappa shape index (κ3) is 6.03. The molecule has 0 amide bonds. The first-order valence-corrected chi connectivity index (χ1v) is 13.3. The van der Waals surface area contributed by atoms with E-state index in [0.29, 0.717) is 18.4 Å². The maximum absolute atomic E-state index is 14.0. The molecule has 0 unspecified atom stereocenters. The molecule has 0 saturated carbocycles. The van der Waals surface area contributed by atoms with Gasteiger partial charge in [-0.2, -0.15) is 5.26 Å². The van der Waals surface area contributed by atoms with Gasteiger partial charge in [0.05, 0.1) is 23.0 Å². The minimum atomic E-state index is -0.296. The molecular weight excluding hydrogens is 470 g/mol. The van der Waals surface area contributed by atoms with Gasteiger partial charge in [0.15, 0.2) is 0 Å². The van der Waals surface area contributed by atoms with E-state index >= 15 is 0 Å². The van der Waals surface area contributed by atoms with Gasteiger partial charge in [-0.25, -0.2) is 4.98 Å². The number of nitrogens with zero attached hydrogens (tertiary/aromatic N) is 3. The fourth-order valence-electron chi connectivity index (χ4n) is 4.63. The molecule has 0 saturated heterocycles. The van der Waals surface area contributed by atoms with Crippen LogP contribution in [-0.2, 0) is 19.3 Å². The van der Waals surface area contributed by atoms with Crippen LogP contribution < -0.4 is 10.3 Å². The second-order valence-electron chi connectivity index (χ2n) is 10.4. The van der Waals surface area contributed by atoms with Crippen LogP contribution in [-0.4, -0.2) is 15.2 Å². The Labute approximate surface area is 225 Å². The third-order valence-electron chi connectivity index (χ3n) is 6.35. The van der Waals surface area contributed by atoms with Gasteiger partial charge in [0, 0.05) is 18.4 Å². The lowest BCUT2D eigenvalue weighted by Crippen LogP contribution is -2.29. The van der Waals surface area contributed by atoms with Crippen molar-refractivity contribution in [1.82, 2.24) is 9.55 Å². The third-order valence-corrected chi connectivity index (χ3v) is 6.35. The van der Waals surface area contributed by atoms with Crippen molar-refractivity contribution in [3.63, 3.8) is 0 Å². The Kier molecular flexibility index (Phi) is 8.12. The van der Waals surface area contributed by atoms with Crippen LogP contribution in [0.15, 0.2) is 77.6 Å². The van der Waals surface area contributed by atoms with Gasteiger partial charge in [0.1, 0.15) is 17.2 Å². The van der Waals surface area contributed by atoms with E-state index in [4.69, 9.17) is 9.72 Å². The van der Waals surface area contributed by atoms with E-state index in [1.165, 1.54) is 0 Å². The highest BCUT2D eigenvalue weighted by Gasteiger charge is 2.18. The van der Waals surface area contributed by atoms with E-state index in [2.05, 4.69) is 13.0 Å². The smallest absolute Gasteiger partial charge is 0.261 e. The van der Waals surface area contributed by atoms with Crippen molar-refractivity contribution < 1.29 is 4.74 Å². The molecule has 4 aromatic rings. The van der Waals surface area contributed by atoms with E-state index < -0.39 is 0 Å². The van der Waals surface area contributed by atoms with Gasteiger partial charge >= 0.3 is 0 Å². The fraction of sp³-hybridized carbons (Fsp3) is 0.303. The van der Waals surface area contributed by atoms with E-state index in [1.807, 2.05) is 100 Å². The van der Waals surface area contributed by atoms with Crippen molar-refractivity contribution in [3.8, 4) is 28.6 Å². The number of benzene rings is 3. The first kappa shape index (κ1) is 26.9. The van der Waals surface area contributed by atoms with Crippen molar-refractivity contribution >= 4 is 0 Å². The molecule has 38 heavy (non-hydrogen) atoms. The summed E-state index contributed by atoms with van der Waals surface area (Å²) in [7, 11) is 0. The highest BCUT2D eigenvalue weighted by Crippen LogP contribution is 2.25. The van der Waals surface area contributed by atoms with Crippen molar-refractivity contribution in [2.45, 2.75) is 65.9 Å². The zero-order valence-electron chi connectivity index (χ0n) is 22.9. The van der Waals surface area contributed by atoms with E-state index in [1.54, 1.807) is 4.57 Å². The summed E-state index contributed by atoms with van der Waals surface area (Å²) in [6.45, 7) is 10.2. The van der Waals surface area contributed by atoms with Crippen LogP contribution in [0.2, 0.25) is 0 Å². The van der Waals surface area contributed by atoms with Crippen molar-refractivity contribution in [1.29, 1.82) is 5.26 Å². The fourth-order valence-corrected chi connectivity index (χ4v) is 4.63. The van der Waals surface area contributed by atoms with Crippen LogP contribution in [0.5, 0.6) is 5.75 Å². The number of nitriles is 1. The number of rotatable bonds is 8. The minimum absolute atomic E-state index is 0.0244. The lowest BCUT2D eigenvalue weighted by atomic mass is 9.97. The Morgan fingerprint density at radius 2 is 1.63 bits per heavy atom. The second kappa shape index (κ2) is 11.5. The molecule has 5 heteroatoms. The van der Waals surface area contributed by atoms with Gasteiger partial charge in [-0.3, -0.25) is 9.36 Å². The Hall–Kier alpha value is -4.17. The van der Waals surface area contributed by atoms with Crippen molar-refractivity contribution in [2.75, 3.05) is 0 Å². The standard InChI is InChI=1S/C33H35N3O2/c1-6-10-30-29(21-23-13-15-24(16-14-23)28-12-9-8-11-25(28)22-34)32(37)36(31(7-2)35-30)26-17-19-27(20-18-26)38-33(3,4)5/h8-9,11-20H,6-7,10,21H2,1-5H3. The zero-order chi connectivity index (χ0) is 27.3. The van der Waals surface area contributed by atoms with Gasteiger partial charge in [0.25, 0.3) is 5.56 Å². The molecule has 5 nitrogen and oxygen atoms in total. The number of ether oxygens (including phenoxy) is 1. The summed E-state index contributed by atoms with van der Waals surface area (Å²) in [5.74, 6) is 1.52. The largest absolute Gasteiger partial charge is 0.488 e. The predicted octanol–water partition coefficient (Wildman–Crippen LogP) is 7.05. The van der Waals surface area contributed by atoms with Gasteiger partial charge in [-0.15, -0.1) is 0 Å². The highest BCUT2D eigenvalue weighted by atomic mass is 16.5. The average molecular weight is 506 g/mol. The van der Waals surface area contributed by atoms with Crippen LogP contribution in [0.3, 0.4) is 0 Å². The average Bonchev–Trinajstić information content (AvgIpc) is 2.90. The first-order valence-electron chi connectivity index (χ1n) is 13.3. The molecule has 194 valence electrons. The molecule has 1 aromatic heterocycles. The molecule has 0 radical (unpaired) electrons. The number of aryl methyl sites for hydroxylation is 2. The molecular formula is C33H35N3O2. The summed E-state index contributed by atoms with van der Waals surface area (Å²) in [5.41, 5.74) is 5.63. The lowest BCUT2D eigenvalue weighted by molar-refractivity contribution is 0.131. The molecule has 0 spiro atoms. The quantitative estimate of drug-likeness (QED) is 0.257. The van der Waals surface area contributed by atoms with Gasteiger partial charge < -0.3 is 4.74 Å². The van der Waals surface area contributed by atoms with Gasteiger partial charge in [0.2, 0.25) is 0 Å². The minimum Gasteiger partial charge on any atom is -0.488 e. The highest BCUT2D eigenvalue weighted by molar-refractivity contribution is 5.70. The summed E-state index contributed by atoms with van der Waals surface area (Å²) >= 11 is 0. The summed E-state index contributed by atoms with van der Waals surface area (Å²) < 4.78 is 7.71. The van der Waals surface area contributed by atoms with E-state index in [0.717, 1.165) is 58.1 Å². The normalized spacial score (nSPS) is 11.3. The monoisotopic (exact) mass is 505 g/mol. The SMILES string of the molecule is CCCc1nc(CC)n(-c2ccc(OC(C)(C)C)cc2)c(=O)c1Cc1ccc(-c2ccccc2C#N)cc1. The van der Waals surface area contributed by atoms with E-state index in [-0.39, 0.29) is 11.2 Å². The maximum atomic E-state index is 14.0. The summed E-state index contributed by atoms with van der Waals surface area (Å²) in [6, 6.07) is 25.6. The summed E-state index contributed by atoms with van der Waals surface area (Å²) in [6.07, 6.45) is 2.82. The summed E-state index contributed by atoms with van der Waals surface area (Å²) in [5, 5.41) is 9.47. The maximum Gasteiger partial charge on any atom is 0.261 e. The van der Waals surface area contributed by atoms with E-state index in [9.17, 15) is 10.1 Å². The lowest BCUT2D eigenvalue weighted by Gasteiger charge is -2.22. The summed E-state index contributed by atoms with van der Waals surface area (Å²) in [4.78, 5) is 19.0. The molecule has 0 aliphatic rings. The number of hydrogen-bond acceptors (Lipinski definition) is 4. The second-order valence-corrected chi connectivity index (χ2v) is 10.4. The Morgan fingerprint density at radius 1 is 0.947 bits per heavy atom. The van der Waals surface area contributed by atoms with Crippen LogP contribution >= 0.6 is 0 Å². The zero-order valence-corrected chi connectivity index (χ0v) is 22.9. The van der Waals surface area contributed by atoms with Gasteiger partial charge in [-0.1, -0.05) is 62.7 Å². The van der Waals surface area contributed by atoms with Gasteiger partial charge in [-0.05, 0) is 74.2 Å². The Balaban J connectivity index is 1.73. The van der Waals surface area contributed by atoms with Crippen molar-refractivity contribution in [2.24, 2.45) is 0 Å². The van der Waals surface area contributed by atoms with Crippen LogP contribution in [0, 0.1) is 11.3 Å². The molecule has 0 atom stereocenters. The number of aromatic nitrogens is 2. The Morgan fingerprint density at radius 3 is 2.24 bits per heavy atom. The molecule has 1 heterocycles. The number of hydrogen-bond donors (Lipinski definition) is 0. The molecule has 0 fully saturated rings. The molecule has 3 aromatic carbocycles. The predicted molar refractivity (Wildman–Crippen MR) is 153 cm³/mol. The van der Waals surface area contributed by atoms with Crippen molar-refractivity contribution in [3.05, 3.63) is 111 Å². The van der Waals surface area contributed by atoms with Crippen LogP contribution in [0.25, 0.3) is 16.8 Å². The molecule has 0 bridgehead atoms. The topological polar surface area (TPSA) is 67.9 Å².